The molecule has 0 rings (SSSR count). The van der Waals surface area contributed by atoms with Crippen molar-refractivity contribution in [2.45, 2.75) is 309 Å². The summed E-state index contributed by atoms with van der Waals surface area (Å²) in [6.45, 7) is 4.81. The molecule has 0 saturated carbocycles. The summed E-state index contributed by atoms with van der Waals surface area (Å²) in [4.78, 5) is 23.3. The highest BCUT2D eigenvalue weighted by atomic mass is 31.2. The number of nitrogens with one attached hydrogen (secondary N) is 1. The molecule has 0 heterocycles. The fourth-order valence-electron chi connectivity index (χ4n) is 9.22. The molecule has 0 aliphatic heterocycles. The molecule has 0 spiro atoms. The van der Waals surface area contributed by atoms with Crippen molar-refractivity contribution in [1.82, 2.24) is 5.32 Å². The molecule has 74 heavy (non-hydrogen) atoms. The first-order chi connectivity index (χ1) is 36.0. The molecule has 0 fully saturated rings. The second kappa shape index (κ2) is 55.9. The molecular formula is C65H124N2O6P+. The van der Waals surface area contributed by atoms with Crippen LogP contribution in [-0.2, 0) is 18.4 Å². The number of quaternary nitrogens is 1. The molecule has 0 saturated heterocycles. The summed E-state index contributed by atoms with van der Waals surface area (Å²) in [5.74, 6) is -0.188. The van der Waals surface area contributed by atoms with Gasteiger partial charge in [0.2, 0.25) is 5.91 Å². The summed E-state index contributed by atoms with van der Waals surface area (Å²) < 4.78 is 23.7. The van der Waals surface area contributed by atoms with Crippen molar-refractivity contribution in [3.63, 3.8) is 0 Å². The molecule has 0 aromatic rings. The summed E-state index contributed by atoms with van der Waals surface area (Å²) in [5.41, 5.74) is 0. The van der Waals surface area contributed by atoms with E-state index in [1.807, 2.05) is 27.2 Å². The van der Waals surface area contributed by atoms with Crippen LogP contribution >= 0.6 is 7.82 Å². The van der Waals surface area contributed by atoms with Gasteiger partial charge in [0.25, 0.3) is 0 Å². The summed E-state index contributed by atoms with van der Waals surface area (Å²) >= 11 is 0. The molecule has 0 aromatic heterocycles. The van der Waals surface area contributed by atoms with Crippen LogP contribution < -0.4 is 5.32 Å². The lowest BCUT2D eigenvalue weighted by molar-refractivity contribution is -0.870. The second-order valence-corrected chi connectivity index (χ2v) is 24.2. The van der Waals surface area contributed by atoms with Gasteiger partial charge in [0.15, 0.2) is 0 Å². The third-order valence-corrected chi connectivity index (χ3v) is 15.2. The van der Waals surface area contributed by atoms with Crippen LogP contribution in [0.5, 0.6) is 0 Å². The van der Waals surface area contributed by atoms with Gasteiger partial charge in [0, 0.05) is 6.42 Å². The Hall–Kier alpha value is -1.80. The number of amides is 1. The minimum Gasteiger partial charge on any atom is -0.387 e. The highest BCUT2D eigenvalue weighted by Crippen LogP contribution is 2.43. The predicted molar refractivity (Wildman–Crippen MR) is 323 cm³/mol. The molecule has 3 unspecified atom stereocenters. The van der Waals surface area contributed by atoms with Crippen molar-refractivity contribution < 1.29 is 32.9 Å². The highest BCUT2D eigenvalue weighted by molar-refractivity contribution is 7.47. The first-order valence-corrected chi connectivity index (χ1v) is 33.2. The normalized spacial score (nSPS) is 14.2. The standard InChI is InChI=1S/C65H123N2O6P/c1-6-8-10-12-14-16-18-20-22-24-26-28-29-30-31-32-33-34-35-36-37-39-41-43-45-47-49-51-53-55-57-59-65(69)66-63(62-73-74(70,71)72-61-60-67(3,4)5)64(68)58-56-54-52-50-48-46-44-42-40-38-27-25-23-21-19-17-15-13-11-9-7-2/h18,20,24,26,40,42,48,50,56,58,63-64,68H,6-17,19,21-23,25,27-39,41,43-47,49,51-55,57,59-62H2,1-5H3,(H-,66,69,70,71)/p+1/b20-18-,26-24-,42-40+,50-48+,58-56+. The SMILES string of the molecule is CCCCCCC/C=C\C/C=C\CCCCCCCCCCCCCCCCCCCCCC(=O)NC(COP(=O)(O)OCC[N+](C)(C)C)C(O)/C=C/CC/C=C/CC/C=C/CCCCCCCCCCCCC. The summed E-state index contributed by atoms with van der Waals surface area (Å²) in [5, 5.41) is 13.9. The number of phosphoric ester groups is 1. The van der Waals surface area contributed by atoms with Crippen molar-refractivity contribution in [2.75, 3.05) is 40.9 Å². The van der Waals surface area contributed by atoms with Crippen LogP contribution in [-0.4, -0.2) is 73.4 Å². The Bertz CT molecular complexity index is 1390. The third-order valence-electron chi connectivity index (χ3n) is 14.2. The van der Waals surface area contributed by atoms with Gasteiger partial charge in [-0.25, -0.2) is 4.57 Å². The van der Waals surface area contributed by atoms with Crippen LogP contribution in [0.3, 0.4) is 0 Å². The number of rotatable bonds is 58. The van der Waals surface area contributed by atoms with Gasteiger partial charge in [0.1, 0.15) is 13.2 Å². The molecule has 3 N–H and O–H groups in total. The van der Waals surface area contributed by atoms with E-state index in [1.54, 1.807) is 6.08 Å². The molecule has 3 atom stereocenters. The molecule has 434 valence electrons. The number of carbonyl (C=O) groups is 1. The molecule has 0 radical (unpaired) electrons. The van der Waals surface area contributed by atoms with Gasteiger partial charge in [-0.1, -0.05) is 274 Å². The van der Waals surface area contributed by atoms with Crippen LogP contribution in [0.4, 0.5) is 0 Å². The maximum Gasteiger partial charge on any atom is 0.472 e. The maximum absolute atomic E-state index is 13.0. The smallest absolute Gasteiger partial charge is 0.387 e. The number of unbranched alkanes of at least 4 members (excludes halogenated alkanes) is 37. The van der Waals surface area contributed by atoms with Gasteiger partial charge < -0.3 is 19.8 Å². The predicted octanol–water partition coefficient (Wildman–Crippen LogP) is 19.7. The Labute approximate surface area is 460 Å². The van der Waals surface area contributed by atoms with Crippen LogP contribution in [0.1, 0.15) is 296 Å². The maximum atomic E-state index is 13.0. The molecular weight excluding hydrogens is 936 g/mol. The molecule has 0 bridgehead atoms. The Morgan fingerprint density at radius 3 is 1.16 bits per heavy atom. The van der Waals surface area contributed by atoms with E-state index in [-0.39, 0.29) is 19.1 Å². The average Bonchev–Trinajstić information content (AvgIpc) is 3.36. The summed E-state index contributed by atoms with van der Waals surface area (Å²) in [6, 6.07) is -0.871. The Balaban J connectivity index is 4.14. The zero-order valence-electron chi connectivity index (χ0n) is 49.6. The number of allylic oxidation sites excluding steroid dienone is 9. The largest absolute Gasteiger partial charge is 0.472 e. The van der Waals surface area contributed by atoms with Gasteiger partial charge in [-0.3, -0.25) is 13.8 Å². The summed E-state index contributed by atoms with van der Waals surface area (Å²) in [6.07, 6.45) is 76.3. The molecule has 0 aliphatic rings. The van der Waals surface area contributed by atoms with Gasteiger partial charge in [-0.05, 0) is 77.0 Å². The highest BCUT2D eigenvalue weighted by Gasteiger charge is 2.27. The number of hydrogen-bond donors (Lipinski definition) is 3. The zero-order chi connectivity index (χ0) is 54.2. The number of carbonyl (C=O) groups excluding carboxylic acids is 1. The molecule has 8 nitrogen and oxygen atoms in total. The van der Waals surface area contributed by atoms with E-state index < -0.39 is 20.0 Å². The molecule has 0 aliphatic carbocycles. The Kier molecular flexibility index (Phi) is 54.6. The number of nitrogens with zero attached hydrogens (tertiary/aromatic N) is 1. The number of phosphoric acid groups is 1. The van der Waals surface area contributed by atoms with Gasteiger partial charge in [-0.2, -0.15) is 0 Å². The van der Waals surface area contributed by atoms with E-state index in [2.05, 4.69) is 67.8 Å². The Morgan fingerprint density at radius 2 is 0.784 bits per heavy atom. The molecule has 1 amide bonds. The van der Waals surface area contributed by atoms with Crippen LogP contribution in [0.2, 0.25) is 0 Å². The van der Waals surface area contributed by atoms with Crippen LogP contribution in [0.15, 0.2) is 60.8 Å². The monoisotopic (exact) mass is 1060 g/mol. The third kappa shape index (κ3) is 57.9. The van der Waals surface area contributed by atoms with Crippen molar-refractivity contribution in [2.24, 2.45) is 0 Å². The van der Waals surface area contributed by atoms with Gasteiger partial charge in [0.05, 0.1) is 39.9 Å². The summed E-state index contributed by atoms with van der Waals surface area (Å²) in [7, 11) is 1.55. The second-order valence-electron chi connectivity index (χ2n) is 22.8. The fraction of sp³-hybridized carbons (Fsp3) is 0.831. The molecule has 9 heteroatoms. The molecule has 0 aromatic carbocycles. The Morgan fingerprint density at radius 1 is 0.459 bits per heavy atom. The fourth-order valence-corrected chi connectivity index (χ4v) is 9.96. The number of hydrogen-bond acceptors (Lipinski definition) is 5. The lowest BCUT2D eigenvalue weighted by atomic mass is 10.0. The van der Waals surface area contributed by atoms with Gasteiger partial charge in [-0.15, -0.1) is 0 Å². The minimum atomic E-state index is -4.36. The zero-order valence-corrected chi connectivity index (χ0v) is 50.5. The van der Waals surface area contributed by atoms with Crippen LogP contribution in [0.25, 0.3) is 0 Å². The number of aliphatic hydroxyl groups excluding tert-OH is 1. The van der Waals surface area contributed by atoms with E-state index in [4.69, 9.17) is 9.05 Å². The van der Waals surface area contributed by atoms with Crippen molar-refractivity contribution in [1.29, 1.82) is 0 Å². The van der Waals surface area contributed by atoms with E-state index in [0.29, 0.717) is 17.4 Å². The first kappa shape index (κ1) is 72.2. The quantitative estimate of drug-likeness (QED) is 0.0243. The lowest BCUT2D eigenvalue weighted by Gasteiger charge is -2.25. The van der Waals surface area contributed by atoms with E-state index in [0.717, 1.165) is 51.4 Å². The van der Waals surface area contributed by atoms with Gasteiger partial charge >= 0.3 is 7.82 Å². The topological polar surface area (TPSA) is 105 Å². The van der Waals surface area contributed by atoms with Crippen molar-refractivity contribution >= 4 is 13.7 Å². The van der Waals surface area contributed by atoms with Crippen molar-refractivity contribution in [3.05, 3.63) is 60.8 Å². The number of likely N-dealkylation sites (N-methyl/N-ethyl adjacent to an activating group) is 1. The van der Waals surface area contributed by atoms with Crippen molar-refractivity contribution in [3.8, 4) is 0 Å². The van der Waals surface area contributed by atoms with Crippen LogP contribution in [0, 0.1) is 0 Å². The van der Waals surface area contributed by atoms with E-state index >= 15 is 0 Å². The minimum absolute atomic E-state index is 0.0533. The average molecular weight is 1060 g/mol. The lowest BCUT2D eigenvalue weighted by Crippen LogP contribution is -2.45. The first-order valence-electron chi connectivity index (χ1n) is 31.7. The van der Waals surface area contributed by atoms with E-state index in [1.165, 1.54) is 225 Å². The van der Waals surface area contributed by atoms with E-state index in [9.17, 15) is 19.4 Å². The number of aliphatic hydroxyl groups is 1.